The molecule has 0 bridgehead atoms. The van der Waals surface area contributed by atoms with Crippen molar-refractivity contribution in [2.75, 3.05) is 25.2 Å². The summed E-state index contributed by atoms with van der Waals surface area (Å²) in [6.07, 6.45) is 0.481. The quantitative estimate of drug-likeness (QED) is 0.797. The van der Waals surface area contributed by atoms with Crippen LogP contribution in [-0.4, -0.2) is 55.5 Å². The predicted octanol–water partition coefficient (Wildman–Crippen LogP) is 0.290. The summed E-state index contributed by atoms with van der Waals surface area (Å²) in [6, 6.07) is 6.51. The third-order valence-electron chi connectivity index (χ3n) is 3.50. The number of carbonyl (C=O) groups excluding carboxylic acids is 1. The van der Waals surface area contributed by atoms with Gasteiger partial charge in [0.1, 0.15) is 6.61 Å². The van der Waals surface area contributed by atoms with Gasteiger partial charge in [-0.2, -0.15) is 0 Å². The largest absolute Gasteiger partial charge is 0.384 e. The minimum Gasteiger partial charge on any atom is -0.384 e. The van der Waals surface area contributed by atoms with Crippen molar-refractivity contribution in [3.8, 4) is 11.8 Å². The Morgan fingerprint density at radius 1 is 1.48 bits per heavy atom. The SMILES string of the molecule is CN(C(=O)c1cccc(C#CCO)c1)C1CCS(=O)(=O)C1. The van der Waals surface area contributed by atoms with E-state index < -0.39 is 9.84 Å². The van der Waals surface area contributed by atoms with Crippen LogP contribution in [0.5, 0.6) is 0 Å². The lowest BCUT2D eigenvalue weighted by Crippen LogP contribution is -2.37. The summed E-state index contributed by atoms with van der Waals surface area (Å²) in [5.74, 6) is 5.22. The zero-order valence-corrected chi connectivity index (χ0v) is 12.6. The van der Waals surface area contributed by atoms with Gasteiger partial charge in [0.25, 0.3) is 5.91 Å². The number of benzene rings is 1. The van der Waals surface area contributed by atoms with Crippen LogP contribution in [0, 0.1) is 11.8 Å². The van der Waals surface area contributed by atoms with Crippen LogP contribution >= 0.6 is 0 Å². The first-order chi connectivity index (χ1) is 9.93. The van der Waals surface area contributed by atoms with Crippen molar-refractivity contribution in [1.29, 1.82) is 0 Å². The van der Waals surface area contributed by atoms with Crippen molar-refractivity contribution in [1.82, 2.24) is 4.90 Å². The first-order valence-corrected chi connectivity index (χ1v) is 8.42. The van der Waals surface area contributed by atoms with E-state index in [2.05, 4.69) is 11.8 Å². The Labute approximate surface area is 124 Å². The van der Waals surface area contributed by atoms with Gasteiger partial charge >= 0.3 is 0 Å². The molecule has 0 spiro atoms. The van der Waals surface area contributed by atoms with E-state index in [9.17, 15) is 13.2 Å². The van der Waals surface area contributed by atoms with Crippen LogP contribution in [0.4, 0.5) is 0 Å². The third kappa shape index (κ3) is 3.84. The number of hydrogen-bond donors (Lipinski definition) is 1. The Balaban J connectivity index is 2.16. The average molecular weight is 307 g/mol. The fourth-order valence-electron chi connectivity index (χ4n) is 2.32. The second kappa shape index (κ2) is 6.29. The monoisotopic (exact) mass is 307 g/mol. The summed E-state index contributed by atoms with van der Waals surface area (Å²) in [5.41, 5.74) is 1.11. The highest BCUT2D eigenvalue weighted by Crippen LogP contribution is 2.18. The zero-order chi connectivity index (χ0) is 15.5. The molecule has 1 fully saturated rings. The fourth-order valence-corrected chi connectivity index (χ4v) is 4.10. The summed E-state index contributed by atoms with van der Waals surface area (Å²) in [6.45, 7) is -0.238. The highest BCUT2D eigenvalue weighted by Gasteiger charge is 2.32. The molecule has 0 radical (unpaired) electrons. The summed E-state index contributed by atoms with van der Waals surface area (Å²) in [4.78, 5) is 13.9. The van der Waals surface area contributed by atoms with Crippen LogP contribution in [0.3, 0.4) is 0 Å². The van der Waals surface area contributed by atoms with Gasteiger partial charge in [-0.25, -0.2) is 8.42 Å². The Morgan fingerprint density at radius 3 is 2.86 bits per heavy atom. The number of aliphatic hydroxyl groups is 1. The van der Waals surface area contributed by atoms with Crippen LogP contribution in [0.15, 0.2) is 24.3 Å². The molecule has 1 aromatic rings. The molecule has 1 heterocycles. The van der Waals surface area contributed by atoms with Gasteiger partial charge in [0.15, 0.2) is 9.84 Å². The Kier molecular flexibility index (Phi) is 4.66. The summed E-state index contributed by atoms with van der Waals surface area (Å²) < 4.78 is 23.0. The Bertz CT molecular complexity index is 700. The summed E-state index contributed by atoms with van der Waals surface area (Å²) >= 11 is 0. The van der Waals surface area contributed by atoms with Gasteiger partial charge in [0.05, 0.1) is 11.5 Å². The van der Waals surface area contributed by atoms with Gasteiger partial charge in [-0.1, -0.05) is 17.9 Å². The molecule has 1 amide bonds. The first-order valence-electron chi connectivity index (χ1n) is 6.60. The molecule has 0 aromatic heterocycles. The van der Waals surface area contributed by atoms with Gasteiger partial charge < -0.3 is 10.0 Å². The number of carbonyl (C=O) groups is 1. The van der Waals surface area contributed by atoms with Crippen molar-refractivity contribution in [3.63, 3.8) is 0 Å². The van der Waals surface area contributed by atoms with Gasteiger partial charge in [0, 0.05) is 24.2 Å². The maximum absolute atomic E-state index is 12.4. The lowest BCUT2D eigenvalue weighted by atomic mass is 10.1. The van der Waals surface area contributed by atoms with Crippen LogP contribution in [0.25, 0.3) is 0 Å². The van der Waals surface area contributed by atoms with E-state index in [0.717, 1.165) is 0 Å². The normalized spacial score (nSPS) is 19.6. The molecule has 21 heavy (non-hydrogen) atoms. The van der Waals surface area contributed by atoms with Crippen molar-refractivity contribution in [3.05, 3.63) is 35.4 Å². The zero-order valence-electron chi connectivity index (χ0n) is 11.7. The topological polar surface area (TPSA) is 74.7 Å². The molecule has 1 N–H and O–H groups in total. The van der Waals surface area contributed by atoms with E-state index in [1.165, 1.54) is 4.90 Å². The minimum atomic E-state index is -3.02. The van der Waals surface area contributed by atoms with Crippen molar-refractivity contribution in [2.45, 2.75) is 12.5 Å². The van der Waals surface area contributed by atoms with Crippen LogP contribution in [0.2, 0.25) is 0 Å². The molecule has 0 aliphatic carbocycles. The van der Waals surface area contributed by atoms with Crippen LogP contribution < -0.4 is 0 Å². The summed E-state index contributed by atoms with van der Waals surface area (Å²) in [7, 11) is -1.40. The number of hydrogen-bond acceptors (Lipinski definition) is 4. The van der Waals surface area contributed by atoms with Crippen LogP contribution in [-0.2, 0) is 9.84 Å². The predicted molar refractivity (Wildman–Crippen MR) is 79.6 cm³/mol. The molecule has 1 saturated heterocycles. The van der Waals surface area contributed by atoms with E-state index in [1.54, 1.807) is 31.3 Å². The molecule has 6 heteroatoms. The molecule has 0 saturated carbocycles. The molecule has 112 valence electrons. The maximum atomic E-state index is 12.4. The van der Waals surface area contributed by atoms with Crippen LogP contribution in [0.1, 0.15) is 22.3 Å². The van der Waals surface area contributed by atoms with E-state index in [4.69, 9.17) is 5.11 Å². The Hall–Kier alpha value is -1.84. The molecule has 1 aliphatic heterocycles. The molecular weight excluding hydrogens is 290 g/mol. The van der Waals surface area contributed by atoms with Gasteiger partial charge in [0.2, 0.25) is 0 Å². The molecule has 1 aromatic carbocycles. The summed E-state index contributed by atoms with van der Waals surface area (Å²) in [5, 5.41) is 8.68. The highest BCUT2D eigenvalue weighted by atomic mass is 32.2. The van der Waals surface area contributed by atoms with Gasteiger partial charge in [-0.3, -0.25) is 4.79 Å². The first kappa shape index (κ1) is 15.5. The van der Waals surface area contributed by atoms with Crippen molar-refractivity contribution >= 4 is 15.7 Å². The number of nitrogens with zero attached hydrogens (tertiary/aromatic N) is 1. The van der Waals surface area contributed by atoms with E-state index in [1.807, 2.05) is 0 Å². The molecule has 1 atom stereocenters. The third-order valence-corrected chi connectivity index (χ3v) is 5.25. The second-order valence-corrected chi connectivity index (χ2v) is 7.24. The number of sulfone groups is 1. The second-order valence-electron chi connectivity index (χ2n) is 5.01. The van der Waals surface area contributed by atoms with E-state index >= 15 is 0 Å². The average Bonchev–Trinajstić information content (AvgIpc) is 2.84. The number of aliphatic hydroxyl groups excluding tert-OH is 1. The number of rotatable bonds is 2. The molecular formula is C15H17NO4S. The molecule has 5 nitrogen and oxygen atoms in total. The fraction of sp³-hybridized carbons (Fsp3) is 0.400. The van der Waals surface area contributed by atoms with Gasteiger partial charge in [-0.05, 0) is 24.6 Å². The standard InChI is InChI=1S/C15H17NO4S/c1-16(14-7-9-21(19,20)11-14)15(18)13-6-2-4-12(10-13)5-3-8-17/h2,4,6,10,14,17H,7-9,11H2,1H3. The number of amides is 1. The lowest BCUT2D eigenvalue weighted by Gasteiger charge is -2.23. The smallest absolute Gasteiger partial charge is 0.253 e. The van der Waals surface area contributed by atoms with Crippen molar-refractivity contribution in [2.24, 2.45) is 0 Å². The van der Waals surface area contributed by atoms with E-state index in [-0.39, 0.29) is 30.1 Å². The van der Waals surface area contributed by atoms with Gasteiger partial charge in [-0.15, -0.1) is 0 Å². The highest BCUT2D eigenvalue weighted by molar-refractivity contribution is 7.91. The molecule has 1 aliphatic rings. The van der Waals surface area contributed by atoms with E-state index in [0.29, 0.717) is 17.5 Å². The molecule has 1 unspecified atom stereocenters. The minimum absolute atomic E-state index is 0.0270. The maximum Gasteiger partial charge on any atom is 0.253 e. The Morgan fingerprint density at radius 2 is 2.24 bits per heavy atom. The van der Waals surface area contributed by atoms with Crippen molar-refractivity contribution < 1.29 is 18.3 Å². The lowest BCUT2D eigenvalue weighted by molar-refractivity contribution is 0.0747. The molecule has 2 rings (SSSR count).